The highest BCUT2D eigenvalue weighted by atomic mass is 32.2. The number of thiazole rings is 1. The molecule has 0 aliphatic carbocycles. The first-order valence-electron chi connectivity index (χ1n) is 7.65. The summed E-state index contributed by atoms with van der Waals surface area (Å²) < 4.78 is 29.7. The van der Waals surface area contributed by atoms with Crippen molar-refractivity contribution in [1.82, 2.24) is 14.0 Å². The molecule has 0 saturated heterocycles. The van der Waals surface area contributed by atoms with Crippen molar-refractivity contribution >= 4 is 21.5 Å². The van der Waals surface area contributed by atoms with Crippen molar-refractivity contribution in [2.75, 3.05) is 6.54 Å². The van der Waals surface area contributed by atoms with Gasteiger partial charge < -0.3 is 0 Å². The molecule has 0 fully saturated rings. The second-order valence-corrected chi connectivity index (χ2v) is 8.82. The molecule has 2 heterocycles. The number of fused-ring (bicyclic) bond motifs is 1. The van der Waals surface area contributed by atoms with Gasteiger partial charge in [0.1, 0.15) is 0 Å². The third-order valence-electron chi connectivity index (χ3n) is 4.09. The maximum absolute atomic E-state index is 12.7. The van der Waals surface area contributed by atoms with Crippen molar-refractivity contribution < 1.29 is 8.42 Å². The van der Waals surface area contributed by atoms with E-state index in [0.29, 0.717) is 13.1 Å². The Balaban J connectivity index is 1.76. The lowest BCUT2D eigenvalue weighted by molar-refractivity contribution is 0.380. The average Bonchev–Trinajstić information content (AvgIpc) is 2.85. The highest BCUT2D eigenvalue weighted by molar-refractivity contribution is 7.87. The molecule has 0 spiro atoms. The molecule has 124 valence electrons. The van der Waals surface area contributed by atoms with E-state index in [0.717, 1.165) is 27.6 Å². The zero-order valence-corrected chi connectivity index (χ0v) is 15.2. The molecule has 1 aliphatic heterocycles. The summed E-state index contributed by atoms with van der Waals surface area (Å²) in [5.74, 6) is 0. The van der Waals surface area contributed by atoms with E-state index in [9.17, 15) is 8.42 Å². The van der Waals surface area contributed by atoms with Crippen molar-refractivity contribution in [3.63, 3.8) is 0 Å². The Labute approximate surface area is 141 Å². The lowest BCUT2D eigenvalue weighted by Crippen LogP contribution is -2.44. The van der Waals surface area contributed by atoms with E-state index in [1.165, 1.54) is 9.87 Å². The van der Waals surface area contributed by atoms with E-state index < -0.39 is 10.2 Å². The molecule has 2 aromatic rings. The van der Waals surface area contributed by atoms with Crippen LogP contribution in [0, 0.1) is 13.8 Å². The molecule has 1 aromatic carbocycles. The molecule has 1 aliphatic rings. The number of aromatic nitrogens is 1. The van der Waals surface area contributed by atoms with Crippen LogP contribution in [0.4, 0.5) is 0 Å². The van der Waals surface area contributed by atoms with Gasteiger partial charge in [-0.25, -0.2) is 4.98 Å². The van der Waals surface area contributed by atoms with Gasteiger partial charge >= 0.3 is 0 Å². The number of nitrogens with zero attached hydrogens (tertiary/aromatic N) is 2. The summed E-state index contributed by atoms with van der Waals surface area (Å²) in [6, 6.07) is 7.74. The first kappa shape index (κ1) is 16.6. The molecule has 1 atom stereocenters. The van der Waals surface area contributed by atoms with Crippen LogP contribution in [0.25, 0.3) is 0 Å². The highest BCUT2D eigenvalue weighted by Gasteiger charge is 2.28. The lowest BCUT2D eigenvalue weighted by Gasteiger charge is -2.29. The number of nitrogens with one attached hydrogen (secondary N) is 1. The Morgan fingerprint density at radius 1 is 1.26 bits per heavy atom. The molecule has 7 heteroatoms. The van der Waals surface area contributed by atoms with E-state index in [4.69, 9.17) is 0 Å². The summed E-state index contributed by atoms with van der Waals surface area (Å²) in [6.45, 7) is 6.67. The number of hydrogen-bond acceptors (Lipinski definition) is 4. The largest absolute Gasteiger partial charge is 0.280 e. The fourth-order valence-electron chi connectivity index (χ4n) is 2.98. The quantitative estimate of drug-likeness (QED) is 0.921. The summed E-state index contributed by atoms with van der Waals surface area (Å²) in [4.78, 5) is 5.35. The minimum absolute atomic E-state index is 0.275. The molecule has 1 N–H and O–H groups in total. The van der Waals surface area contributed by atoms with Crippen LogP contribution < -0.4 is 4.72 Å². The fourth-order valence-corrected chi connectivity index (χ4v) is 5.33. The van der Waals surface area contributed by atoms with Gasteiger partial charge in [-0.3, -0.25) is 0 Å². The predicted octanol–water partition coefficient (Wildman–Crippen LogP) is 2.71. The Hall–Kier alpha value is -1.28. The van der Waals surface area contributed by atoms with Gasteiger partial charge in [-0.2, -0.15) is 17.4 Å². The molecule has 0 saturated carbocycles. The zero-order valence-electron chi connectivity index (χ0n) is 13.5. The van der Waals surface area contributed by atoms with Crippen LogP contribution in [0.2, 0.25) is 0 Å². The van der Waals surface area contributed by atoms with Crippen LogP contribution in [0.15, 0.2) is 24.3 Å². The van der Waals surface area contributed by atoms with E-state index in [2.05, 4.69) is 15.8 Å². The van der Waals surface area contributed by atoms with Crippen LogP contribution >= 0.6 is 11.3 Å². The molecular weight excluding hydrogens is 330 g/mol. The van der Waals surface area contributed by atoms with Gasteiger partial charge in [-0.05, 0) is 38.3 Å². The van der Waals surface area contributed by atoms with Gasteiger partial charge in [0.25, 0.3) is 10.2 Å². The third-order valence-corrected chi connectivity index (χ3v) is 6.99. The SMILES string of the molecule is Cc1nc(C)c([C@@H](C)NS(=O)(=O)N2CCc3ccccc3C2)s1. The predicted molar refractivity (Wildman–Crippen MR) is 92.6 cm³/mol. The third kappa shape index (κ3) is 3.47. The van der Waals surface area contributed by atoms with Crippen molar-refractivity contribution in [2.24, 2.45) is 0 Å². The average molecular weight is 351 g/mol. The summed E-state index contributed by atoms with van der Waals surface area (Å²) in [6.07, 6.45) is 0.754. The van der Waals surface area contributed by atoms with E-state index in [1.807, 2.05) is 39.0 Å². The normalized spacial score (nSPS) is 17.0. The number of hydrogen-bond donors (Lipinski definition) is 1. The van der Waals surface area contributed by atoms with Gasteiger partial charge in [0.15, 0.2) is 0 Å². The zero-order chi connectivity index (χ0) is 16.6. The molecule has 5 nitrogen and oxygen atoms in total. The van der Waals surface area contributed by atoms with E-state index in [-0.39, 0.29) is 6.04 Å². The van der Waals surface area contributed by atoms with Crippen LogP contribution in [0.3, 0.4) is 0 Å². The topological polar surface area (TPSA) is 62.3 Å². The molecule has 23 heavy (non-hydrogen) atoms. The van der Waals surface area contributed by atoms with Gasteiger partial charge in [0.05, 0.1) is 16.7 Å². The minimum atomic E-state index is -3.52. The summed E-state index contributed by atoms with van der Waals surface area (Å²) in [5.41, 5.74) is 3.22. The molecule has 0 bridgehead atoms. The molecule has 3 rings (SSSR count). The van der Waals surface area contributed by atoms with Crippen LogP contribution in [-0.4, -0.2) is 24.3 Å². The molecule has 0 radical (unpaired) electrons. The Bertz CT molecular complexity index is 814. The number of benzene rings is 1. The van der Waals surface area contributed by atoms with Crippen molar-refractivity contribution in [1.29, 1.82) is 0 Å². The van der Waals surface area contributed by atoms with E-state index in [1.54, 1.807) is 11.3 Å². The summed E-state index contributed by atoms with van der Waals surface area (Å²) in [7, 11) is -3.52. The second-order valence-electron chi connectivity index (χ2n) is 5.88. The van der Waals surface area contributed by atoms with E-state index >= 15 is 0 Å². The van der Waals surface area contributed by atoms with Crippen LogP contribution in [-0.2, 0) is 23.2 Å². The van der Waals surface area contributed by atoms with Gasteiger partial charge in [0.2, 0.25) is 0 Å². The highest BCUT2D eigenvalue weighted by Crippen LogP contribution is 2.26. The summed E-state index contributed by atoms with van der Waals surface area (Å²) in [5, 5.41) is 0.954. The Kier molecular flexibility index (Phi) is 4.55. The smallest absolute Gasteiger partial charge is 0.247 e. The van der Waals surface area contributed by atoms with Crippen molar-refractivity contribution in [2.45, 2.75) is 39.8 Å². The van der Waals surface area contributed by atoms with Gasteiger partial charge in [-0.1, -0.05) is 24.3 Å². The van der Waals surface area contributed by atoms with Crippen LogP contribution in [0.1, 0.15) is 39.7 Å². The van der Waals surface area contributed by atoms with Crippen molar-refractivity contribution in [3.8, 4) is 0 Å². The Morgan fingerprint density at radius 2 is 1.96 bits per heavy atom. The molecule has 0 unspecified atom stereocenters. The second kappa shape index (κ2) is 6.32. The minimum Gasteiger partial charge on any atom is -0.247 e. The van der Waals surface area contributed by atoms with Crippen LogP contribution in [0.5, 0.6) is 0 Å². The fraction of sp³-hybridized carbons (Fsp3) is 0.438. The summed E-state index contributed by atoms with van der Waals surface area (Å²) >= 11 is 1.54. The number of aryl methyl sites for hydroxylation is 2. The maximum atomic E-state index is 12.7. The maximum Gasteiger partial charge on any atom is 0.280 e. The lowest BCUT2D eigenvalue weighted by atomic mass is 10.0. The first-order chi connectivity index (χ1) is 10.9. The first-order valence-corrected chi connectivity index (χ1v) is 9.90. The monoisotopic (exact) mass is 351 g/mol. The number of rotatable bonds is 4. The molecular formula is C16H21N3O2S2. The Morgan fingerprint density at radius 3 is 2.61 bits per heavy atom. The van der Waals surface area contributed by atoms with Gasteiger partial charge in [0, 0.05) is 18.0 Å². The molecule has 0 amide bonds. The molecule has 1 aromatic heterocycles. The van der Waals surface area contributed by atoms with Crippen molar-refractivity contribution in [3.05, 3.63) is 51.0 Å². The van der Waals surface area contributed by atoms with Gasteiger partial charge in [-0.15, -0.1) is 11.3 Å². The standard InChI is InChI=1S/C16H21N3O2S2/c1-11-16(22-13(3)17-11)12(2)18-23(20,21)19-9-8-14-6-4-5-7-15(14)10-19/h4-7,12,18H,8-10H2,1-3H3/t12-/m1/s1.